The molecule has 0 atom stereocenters. The molecule has 0 amide bonds. The zero-order valence-corrected chi connectivity index (χ0v) is 11.7. The maximum absolute atomic E-state index is 13.5. The minimum Gasteiger partial charge on any atom is -0.384 e. The SMILES string of the molecule is CCCN(Cc1cc(F)cc(C#CCO)c1)CC(F)(F)F. The largest absolute Gasteiger partial charge is 0.401 e. The molecule has 116 valence electrons. The van der Waals surface area contributed by atoms with Crippen LogP contribution in [0.5, 0.6) is 0 Å². The standard InChI is InChI=1S/C15H17F4NO/c1-2-5-20(11-15(17,18)19)10-13-7-12(4-3-6-21)8-14(16)9-13/h7-9,21H,2,5-6,10-11H2,1H3. The third-order valence-corrected chi connectivity index (χ3v) is 2.62. The highest BCUT2D eigenvalue weighted by Gasteiger charge is 2.30. The van der Waals surface area contributed by atoms with Gasteiger partial charge < -0.3 is 5.11 Å². The van der Waals surface area contributed by atoms with E-state index in [1.54, 1.807) is 6.92 Å². The summed E-state index contributed by atoms with van der Waals surface area (Å²) in [5.74, 6) is 4.37. The lowest BCUT2D eigenvalue weighted by Gasteiger charge is -2.23. The first-order chi connectivity index (χ1) is 9.84. The fraction of sp³-hybridized carbons (Fsp3) is 0.467. The lowest BCUT2D eigenvalue weighted by molar-refractivity contribution is -0.147. The van der Waals surface area contributed by atoms with Gasteiger partial charge in [0.25, 0.3) is 0 Å². The Bertz CT molecular complexity index is 517. The first-order valence-electron chi connectivity index (χ1n) is 6.52. The van der Waals surface area contributed by atoms with Crippen molar-refractivity contribution in [1.82, 2.24) is 4.90 Å². The van der Waals surface area contributed by atoms with E-state index in [1.165, 1.54) is 23.1 Å². The predicted molar refractivity (Wildman–Crippen MR) is 72.0 cm³/mol. The van der Waals surface area contributed by atoms with Crippen LogP contribution in [0.1, 0.15) is 24.5 Å². The summed E-state index contributed by atoms with van der Waals surface area (Å²) in [6.07, 6.45) is -3.72. The van der Waals surface area contributed by atoms with E-state index in [2.05, 4.69) is 11.8 Å². The van der Waals surface area contributed by atoms with Crippen LogP contribution < -0.4 is 0 Å². The van der Waals surface area contributed by atoms with Crippen molar-refractivity contribution in [3.05, 3.63) is 35.1 Å². The fourth-order valence-corrected chi connectivity index (χ4v) is 2.00. The monoisotopic (exact) mass is 303 g/mol. The van der Waals surface area contributed by atoms with Crippen molar-refractivity contribution < 1.29 is 22.7 Å². The normalized spacial score (nSPS) is 11.4. The van der Waals surface area contributed by atoms with Gasteiger partial charge in [0, 0.05) is 12.1 Å². The number of alkyl halides is 3. The van der Waals surface area contributed by atoms with Gasteiger partial charge in [-0.3, -0.25) is 4.90 Å². The number of halogens is 4. The Morgan fingerprint density at radius 3 is 2.52 bits per heavy atom. The molecule has 6 heteroatoms. The van der Waals surface area contributed by atoms with Crippen molar-refractivity contribution in [3.8, 4) is 11.8 Å². The Hall–Kier alpha value is -1.58. The van der Waals surface area contributed by atoms with Crippen molar-refractivity contribution in [3.63, 3.8) is 0 Å². The second-order valence-electron chi connectivity index (χ2n) is 4.63. The van der Waals surface area contributed by atoms with Crippen molar-refractivity contribution in [1.29, 1.82) is 0 Å². The highest BCUT2D eigenvalue weighted by atomic mass is 19.4. The third kappa shape index (κ3) is 7.11. The van der Waals surface area contributed by atoms with Crippen LogP contribution in [-0.4, -0.2) is 35.9 Å². The van der Waals surface area contributed by atoms with Crippen LogP contribution in [0.15, 0.2) is 18.2 Å². The second-order valence-corrected chi connectivity index (χ2v) is 4.63. The Kier molecular flexibility index (Phi) is 6.66. The molecule has 0 saturated carbocycles. The van der Waals surface area contributed by atoms with Gasteiger partial charge in [-0.1, -0.05) is 18.8 Å². The fourth-order valence-electron chi connectivity index (χ4n) is 2.00. The number of hydrogen-bond donors (Lipinski definition) is 1. The summed E-state index contributed by atoms with van der Waals surface area (Å²) in [6.45, 7) is 0.663. The first-order valence-corrected chi connectivity index (χ1v) is 6.52. The van der Waals surface area contributed by atoms with Gasteiger partial charge in [-0.15, -0.1) is 0 Å². The zero-order valence-electron chi connectivity index (χ0n) is 11.7. The van der Waals surface area contributed by atoms with Crippen molar-refractivity contribution in [2.24, 2.45) is 0 Å². The van der Waals surface area contributed by atoms with Gasteiger partial charge in [0.15, 0.2) is 0 Å². The molecule has 0 aliphatic rings. The van der Waals surface area contributed by atoms with E-state index < -0.39 is 18.5 Å². The number of benzene rings is 1. The van der Waals surface area contributed by atoms with Crippen molar-refractivity contribution >= 4 is 0 Å². The maximum Gasteiger partial charge on any atom is 0.401 e. The van der Waals surface area contributed by atoms with E-state index in [9.17, 15) is 17.6 Å². The van der Waals surface area contributed by atoms with Gasteiger partial charge >= 0.3 is 6.18 Å². The Morgan fingerprint density at radius 2 is 1.95 bits per heavy atom. The molecule has 0 aliphatic heterocycles. The molecule has 0 aromatic heterocycles. The van der Waals surface area contributed by atoms with Crippen molar-refractivity contribution in [2.75, 3.05) is 19.7 Å². The molecule has 0 unspecified atom stereocenters. The van der Waals surface area contributed by atoms with Crippen LogP contribution in [0, 0.1) is 17.7 Å². The van der Waals surface area contributed by atoms with Crippen LogP contribution in [0.25, 0.3) is 0 Å². The van der Waals surface area contributed by atoms with Gasteiger partial charge in [-0.25, -0.2) is 4.39 Å². The van der Waals surface area contributed by atoms with Gasteiger partial charge in [-0.05, 0) is 36.7 Å². The predicted octanol–water partition coefficient (Wildman–Crippen LogP) is 2.94. The van der Waals surface area contributed by atoms with E-state index in [0.29, 0.717) is 17.5 Å². The smallest absolute Gasteiger partial charge is 0.384 e. The first kappa shape index (κ1) is 17.5. The Balaban J connectivity index is 2.90. The topological polar surface area (TPSA) is 23.5 Å². The lowest BCUT2D eigenvalue weighted by atomic mass is 10.1. The molecule has 0 heterocycles. The zero-order chi connectivity index (χ0) is 15.9. The molecule has 2 nitrogen and oxygen atoms in total. The molecular weight excluding hydrogens is 286 g/mol. The molecule has 0 bridgehead atoms. The molecule has 1 rings (SSSR count). The molecule has 1 N–H and O–H groups in total. The number of aliphatic hydroxyl groups is 1. The Labute approximate surface area is 121 Å². The van der Waals surface area contributed by atoms with Gasteiger partial charge in [0.2, 0.25) is 0 Å². The van der Waals surface area contributed by atoms with E-state index in [-0.39, 0.29) is 19.7 Å². The molecule has 0 radical (unpaired) electrons. The van der Waals surface area contributed by atoms with E-state index in [0.717, 1.165) is 0 Å². The lowest BCUT2D eigenvalue weighted by Crippen LogP contribution is -2.34. The van der Waals surface area contributed by atoms with Gasteiger partial charge in [-0.2, -0.15) is 13.2 Å². The van der Waals surface area contributed by atoms with Crippen LogP contribution >= 0.6 is 0 Å². The second kappa shape index (κ2) is 8.01. The molecule has 0 spiro atoms. The van der Waals surface area contributed by atoms with Crippen LogP contribution in [-0.2, 0) is 6.54 Å². The van der Waals surface area contributed by atoms with E-state index >= 15 is 0 Å². The van der Waals surface area contributed by atoms with E-state index in [1.807, 2.05) is 0 Å². The summed E-state index contributed by atoms with van der Waals surface area (Å²) >= 11 is 0. The summed E-state index contributed by atoms with van der Waals surface area (Å²) in [4.78, 5) is 1.22. The summed E-state index contributed by atoms with van der Waals surface area (Å²) in [7, 11) is 0. The van der Waals surface area contributed by atoms with E-state index in [4.69, 9.17) is 5.11 Å². The quantitative estimate of drug-likeness (QED) is 0.668. The van der Waals surface area contributed by atoms with Crippen LogP contribution in [0.3, 0.4) is 0 Å². The average molecular weight is 303 g/mol. The molecule has 1 aromatic rings. The minimum atomic E-state index is -4.29. The minimum absolute atomic E-state index is 0.00108. The van der Waals surface area contributed by atoms with Crippen molar-refractivity contribution in [2.45, 2.75) is 26.1 Å². The van der Waals surface area contributed by atoms with Crippen LogP contribution in [0.4, 0.5) is 17.6 Å². The Morgan fingerprint density at radius 1 is 1.24 bits per heavy atom. The average Bonchev–Trinajstić information content (AvgIpc) is 2.34. The molecule has 0 fully saturated rings. The molecule has 21 heavy (non-hydrogen) atoms. The maximum atomic E-state index is 13.5. The number of rotatable bonds is 5. The van der Waals surface area contributed by atoms with Crippen LogP contribution in [0.2, 0.25) is 0 Å². The summed E-state index contributed by atoms with van der Waals surface area (Å²) in [5, 5.41) is 8.61. The van der Waals surface area contributed by atoms with Gasteiger partial charge in [0.1, 0.15) is 12.4 Å². The highest BCUT2D eigenvalue weighted by molar-refractivity contribution is 5.37. The number of hydrogen-bond acceptors (Lipinski definition) is 2. The molecule has 1 aromatic carbocycles. The molecular formula is C15H17F4NO. The molecule has 0 aliphatic carbocycles. The summed E-state index contributed by atoms with van der Waals surface area (Å²) < 4.78 is 50.9. The summed E-state index contributed by atoms with van der Waals surface area (Å²) in [5.41, 5.74) is 0.762. The number of nitrogens with zero attached hydrogens (tertiary/aromatic N) is 1. The van der Waals surface area contributed by atoms with Gasteiger partial charge in [0.05, 0.1) is 6.54 Å². The highest BCUT2D eigenvalue weighted by Crippen LogP contribution is 2.19. The summed E-state index contributed by atoms with van der Waals surface area (Å²) in [6, 6.07) is 3.91. The number of aliphatic hydroxyl groups excluding tert-OH is 1. The third-order valence-electron chi connectivity index (χ3n) is 2.62. The molecule has 0 saturated heterocycles.